The molecular formula is C16H17N. The molecule has 0 saturated heterocycles. The Kier molecular flexibility index (Phi) is 3.73. The first-order valence-corrected chi connectivity index (χ1v) is 5.82. The van der Waals surface area contributed by atoms with Crippen molar-refractivity contribution in [1.29, 1.82) is 0 Å². The first kappa shape index (κ1) is 11.6. The van der Waals surface area contributed by atoms with Crippen LogP contribution >= 0.6 is 0 Å². The highest BCUT2D eigenvalue weighted by Crippen LogP contribution is 2.19. The van der Waals surface area contributed by atoms with Gasteiger partial charge in [0.2, 0.25) is 0 Å². The second-order valence-electron chi connectivity index (χ2n) is 4.15. The zero-order valence-electron chi connectivity index (χ0n) is 10.0. The van der Waals surface area contributed by atoms with Crippen molar-refractivity contribution in [3.05, 3.63) is 77.9 Å². The molecule has 0 amide bonds. The van der Waals surface area contributed by atoms with E-state index in [1.54, 1.807) is 0 Å². The Labute approximate surface area is 103 Å². The quantitative estimate of drug-likeness (QED) is 0.841. The molecule has 0 aromatic heterocycles. The standard InChI is InChI=1S/C16H17N/c1-13(14-8-4-2-5-9-14)12-16(17)15-10-6-3-7-11-15/h2-12,16H,17H2,1H3/b13-12+. The second-order valence-corrected chi connectivity index (χ2v) is 4.15. The van der Waals surface area contributed by atoms with Crippen molar-refractivity contribution in [1.82, 2.24) is 0 Å². The number of nitrogens with two attached hydrogens (primary N) is 1. The summed E-state index contributed by atoms with van der Waals surface area (Å²) in [5.74, 6) is 0. The molecule has 86 valence electrons. The van der Waals surface area contributed by atoms with Gasteiger partial charge in [-0.15, -0.1) is 0 Å². The van der Waals surface area contributed by atoms with Gasteiger partial charge in [0.05, 0.1) is 0 Å². The first-order chi connectivity index (χ1) is 8.27. The van der Waals surface area contributed by atoms with Crippen molar-refractivity contribution >= 4 is 5.57 Å². The molecule has 1 nitrogen and oxygen atoms in total. The molecule has 2 N–H and O–H groups in total. The molecule has 0 fully saturated rings. The lowest BCUT2D eigenvalue weighted by Crippen LogP contribution is -2.07. The van der Waals surface area contributed by atoms with Crippen LogP contribution in [0, 0.1) is 0 Å². The van der Waals surface area contributed by atoms with Crippen molar-refractivity contribution in [2.75, 3.05) is 0 Å². The number of allylic oxidation sites excluding steroid dienone is 1. The smallest absolute Gasteiger partial charge is 0.0486 e. The third-order valence-electron chi connectivity index (χ3n) is 2.84. The second kappa shape index (κ2) is 5.46. The Balaban J connectivity index is 2.20. The van der Waals surface area contributed by atoms with Crippen LogP contribution in [0.5, 0.6) is 0 Å². The summed E-state index contributed by atoms with van der Waals surface area (Å²) >= 11 is 0. The van der Waals surface area contributed by atoms with Crippen LogP contribution < -0.4 is 5.73 Å². The molecule has 0 aliphatic heterocycles. The van der Waals surface area contributed by atoms with Crippen LogP contribution in [0.15, 0.2) is 66.7 Å². The van der Waals surface area contributed by atoms with Gasteiger partial charge in [-0.05, 0) is 23.6 Å². The highest BCUT2D eigenvalue weighted by Gasteiger charge is 2.02. The topological polar surface area (TPSA) is 26.0 Å². The minimum Gasteiger partial charge on any atom is -0.321 e. The molecule has 0 heterocycles. The van der Waals surface area contributed by atoms with Gasteiger partial charge in [0.15, 0.2) is 0 Å². The summed E-state index contributed by atoms with van der Waals surface area (Å²) in [5.41, 5.74) is 9.73. The van der Waals surface area contributed by atoms with E-state index in [1.165, 1.54) is 11.1 Å². The monoisotopic (exact) mass is 223 g/mol. The van der Waals surface area contributed by atoms with Gasteiger partial charge >= 0.3 is 0 Å². The van der Waals surface area contributed by atoms with Gasteiger partial charge in [0, 0.05) is 6.04 Å². The van der Waals surface area contributed by atoms with Crippen LogP contribution in [0.1, 0.15) is 24.1 Å². The van der Waals surface area contributed by atoms with Gasteiger partial charge in [0.25, 0.3) is 0 Å². The van der Waals surface area contributed by atoms with Crippen LogP contribution in [0.4, 0.5) is 0 Å². The van der Waals surface area contributed by atoms with E-state index in [0.717, 1.165) is 5.56 Å². The Morgan fingerprint density at radius 3 is 2.06 bits per heavy atom. The van der Waals surface area contributed by atoms with Crippen LogP contribution in [0.25, 0.3) is 5.57 Å². The lowest BCUT2D eigenvalue weighted by Gasteiger charge is -2.09. The van der Waals surface area contributed by atoms with E-state index < -0.39 is 0 Å². The number of hydrogen-bond donors (Lipinski definition) is 1. The maximum absolute atomic E-state index is 6.16. The van der Waals surface area contributed by atoms with E-state index in [2.05, 4.69) is 37.3 Å². The lowest BCUT2D eigenvalue weighted by atomic mass is 10.0. The first-order valence-electron chi connectivity index (χ1n) is 5.82. The van der Waals surface area contributed by atoms with Gasteiger partial charge in [-0.2, -0.15) is 0 Å². The number of benzene rings is 2. The summed E-state index contributed by atoms with van der Waals surface area (Å²) in [6, 6.07) is 20.4. The fraction of sp³-hybridized carbons (Fsp3) is 0.125. The van der Waals surface area contributed by atoms with Crippen molar-refractivity contribution in [3.63, 3.8) is 0 Å². The zero-order chi connectivity index (χ0) is 12.1. The molecule has 0 bridgehead atoms. The van der Waals surface area contributed by atoms with Crippen molar-refractivity contribution in [3.8, 4) is 0 Å². The summed E-state index contributed by atoms with van der Waals surface area (Å²) in [5, 5.41) is 0. The minimum atomic E-state index is -0.0450. The molecule has 0 radical (unpaired) electrons. The van der Waals surface area contributed by atoms with E-state index in [-0.39, 0.29) is 6.04 Å². The molecule has 0 aliphatic rings. The Hall–Kier alpha value is -1.86. The van der Waals surface area contributed by atoms with Crippen LogP contribution in [-0.4, -0.2) is 0 Å². The predicted molar refractivity (Wildman–Crippen MR) is 73.5 cm³/mol. The van der Waals surface area contributed by atoms with Crippen LogP contribution in [0.2, 0.25) is 0 Å². The van der Waals surface area contributed by atoms with Crippen molar-refractivity contribution in [2.45, 2.75) is 13.0 Å². The predicted octanol–water partition coefficient (Wildman–Crippen LogP) is 3.79. The molecule has 1 atom stereocenters. The van der Waals surface area contributed by atoms with E-state index in [9.17, 15) is 0 Å². The average molecular weight is 223 g/mol. The average Bonchev–Trinajstić information content (AvgIpc) is 2.40. The van der Waals surface area contributed by atoms with Gasteiger partial charge in [-0.3, -0.25) is 0 Å². The summed E-state index contributed by atoms with van der Waals surface area (Å²) in [6.45, 7) is 2.10. The molecular weight excluding hydrogens is 206 g/mol. The molecule has 0 aliphatic carbocycles. The fourth-order valence-electron chi connectivity index (χ4n) is 1.84. The van der Waals surface area contributed by atoms with Gasteiger partial charge in [0.1, 0.15) is 0 Å². The summed E-state index contributed by atoms with van der Waals surface area (Å²) in [6.07, 6.45) is 2.10. The summed E-state index contributed by atoms with van der Waals surface area (Å²) in [7, 11) is 0. The number of rotatable bonds is 3. The number of hydrogen-bond acceptors (Lipinski definition) is 1. The van der Waals surface area contributed by atoms with Crippen LogP contribution in [-0.2, 0) is 0 Å². The molecule has 2 aromatic carbocycles. The Morgan fingerprint density at radius 2 is 1.47 bits per heavy atom. The Morgan fingerprint density at radius 1 is 0.941 bits per heavy atom. The van der Waals surface area contributed by atoms with Crippen molar-refractivity contribution < 1.29 is 0 Å². The highest BCUT2D eigenvalue weighted by atomic mass is 14.6. The Bertz CT molecular complexity index is 485. The summed E-state index contributed by atoms with van der Waals surface area (Å²) in [4.78, 5) is 0. The maximum Gasteiger partial charge on any atom is 0.0486 e. The maximum atomic E-state index is 6.16. The molecule has 2 rings (SSSR count). The normalized spacial score (nSPS) is 13.4. The lowest BCUT2D eigenvalue weighted by molar-refractivity contribution is 0.912. The molecule has 0 saturated carbocycles. The van der Waals surface area contributed by atoms with Crippen LogP contribution in [0.3, 0.4) is 0 Å². The molecule has 2 aromatic rings. The van der Waals surface area contributed by atoms with E-state index in [1.807, 2.05) is 36.4 Å². The van der Waals surface area contributed by atoms with E-state index >= 15 is 0 Å². The van der Waals surface area contributed by atoms with Gasteiger partial charge < -0.3 is 5.73 Å². The third kappa shape index (κ3) is 3.05. The largest absolute Gasteiger partial charge is 0.321 e. The molecule has 1 unspecified atom stereocenters. The van der Waals surface area contributed by atoms with Gasteiger partial charge in [-0.1, -0.05) is 66.7 Å². The third-order valence-corrected chi connectivity index (χ3v) is 2.84. The molecule has 1 heteroatoms. The van der Waals surface area contributed by atoms with E-state index in [0.29, 0.717) is 0 Å². The molecule has 17 heavy (non-hydrogen) atoms. The van der Waals surface area contributed by atoms with Crippen molar-refractivity contribution in [2.24, 2.45) is 5.73 Å². The SMILES string of the molecule is C/C(=C\C(N)c1ccccc1)c1ccccc1. The van der Waals surface area contributed by atoms with Gasteiger partial charge in [-0.25, -0.2) is 0 Å². The summed E-state index contributed by atoms with van der Waals surface area (Å²) < 4.78 is 0. The van der Waals surface area contributed by atoms with E-state index in [4.69, 9.17) is 5.73 Å². The fourth-order valence-corrected chi connectivity index (χ4v) is 1.84. The zero-order valence-corrected chi connectivity index (χ0v) is 10.0. The highest BCUT2D eigenvalue weighted by molar-refractivity contribution is 5.64. The minimum absolute atomic E-state index is 0.0450. The molecule has 0 spiro atoms.